The molecular formula is C17H31IN4OS. The van der Waals surface area contributed by atoms with Crippen molar-refractivity contribution in [3.8, 4) is 0 Å². The number of hydrogen-bond acceptors (Lipinski definition) is 4. The number of guanidine groups is 1. The van der Waals surface area contributed by atoms with Gasteiger partial charge in [-0.1, -0.05) is 12.8 Å². The van der Waals surface area contributed by atoms with Crippen molar-refractivity contribution in [2.45, 2.75) is 52.5 Å². The average molecular weight is 466 g/mol. The van der Waals surface area contributed by atoms with Gasteiger partial charge in [-0.2, -0.15) is 0 Å². The summed E-state index contributed by atoms with van der Waals surface area (Å²) in [5, 5.41) is 8.00. The van der Waals surface area contributed by atoms with E-state index in [-0.39, 0.29) is 24.0 Å². The van der Waals surface area contributed by atoms with Crippen LogP contribution in [0.25, 0.3) is 0 Å². The van der Waals surface area contributed by atoms with E-state index in [2.05, 4.69) is 34.5 Å². The maximum atomic E-state index is 5.30. The van der Waals surface area contributed by atoms with Crippen molar-refractivity contribution in [3.63, 3.8) is 0 Å². The van der Waals surface area contributed by atoms with Gasteiger partial charge in [0.25, 0.3) is 0 Å². The summed E-state index contributed by atoms with van der Waals surface area (Å²) in [5.74, 6) is 0.860. The number of aryl methyl sites for hydroxylation is 2. The summed E-state index contributed by atoms with van der Waals surface area (Å²) >= 11 is 1.75. The number of halogens is 1. The SMILES string of the molecule is CN=C(NCc1nc(C)c(C)s1)NCC1(CCOC)CCCC1.I. The van der Waals surface area contributed by atoms with E-state index in [4.69, 9.17) is 4.74 Å². The lowest BCUT2D eigenvalue weighted by Crippen LogP contribution is -2.43. The predicted octanol–water partition coefficient (Wildman–Crippen LogP) is 3.64. The van der Waals surface area contributed by atoms with Crippen molar-refractivity contribution in [2.24, 2.45) is 10.4 Å². The van der Waals surface area contributed by atoms with Crippen LogP contribution in [0.4, 0.5) is 0 Å². The van der Waals surface area contributed by atoms with E-state index in [1.807, 2.05) is 7.05 Å². The highest BCUT2D eigenvalue weighted by Crippen LogP contribution is 2.40. The molecule has 1 aromatic rings. The van der Waals surface area contributed by atoms with Crippen molar-refractivity contribution >= 4 is 41.3 Å². The highest BCUT2D eigenvalue weighted by Gasteiger charge is 2.33. The second-order valence-electron chi connectivity index (χ2n) is 6.48. The monoisotopic (exact) mass is 466 g/mol. The molecule has 7 heteroatoms. The molecule has 5 nitrogen and oxygen atoms in total. The number of rotatable bonds is 7. The van der Waals surface area contributed by atoms with Gasteiger partial charge in [-0.25, -0.2) is 4.98 Å². The molecule has 2 N–H and O–H groups in total. The second kappa shape index (κ2) is 10.6. The number of nitrogens with zero attached hydrogens (tertiary/aromatic N) is 2. The van der Waals surface area contributed by atoms with Crippen LogP contribution in [0, 0.1) is 19.3 Å². The topological polar surface area (TPSA) is 58.5 Å². The minimum absolute atomic E-state index is 0. The van der Waals surface area contributed by atoms with E-state index in [1.54, 1.807) is 18.4 Å². The van der Waals surface area contributed by atoms with Crippen LogP contribution in [0.3, 0.4) is 0 Å². The lowest BCUT2D eigenvalue weighted by Gasteiger charge is -2.29. The maximum Gasteiger partial charge on any atom is 0.191 e. The highest BCUT2D eigenvalue weighted by molar-refractivity contribution is 14.0. The van der Waals surface area contributed by atoms with Crippen LogP contribution in [0.2, 0.25) is 0 Å². The molecule has 0 spiro atoms. The molecular weight excluding hydrogens is 435 g/mol. The van der Waals surface area contributed by atoms with E-state index in [9.17, 15) is 0 Å². The first-order chi connectivity index (χ1) is 11.1. The van der Waals surface area contributed by atoms with Crippen LogP contribution < -0.4 is 10.6 Å². The Morgan fingerprint density at radius 2 is 2.00 bits per heavy atom. The molecule has 1 aliphatic rings. The van der Waals surface area contributed by atoms with Gasteiger partial charge in [0.05, 0.1) is 12.2 Å². The number of methoxy groups -OCH3 is 1. The van der Waals surface area contributed by atoms with Crippen LogP contribution in [0.1, 0.15) is 47.7 Å². The molecule has 0 aliphatic heterocycles. The van der Waals surface area contributed by atoms with Crippen LogP contribution in [-0.4, -0.2) is 38.3 Å². The Hall–Kier alpha value is -0.410. The summed E-state index contributed by atoms with van der Waals surface area (Å²) in [6.07, 6.45) is 6.35. The Kier molecular flexibility index (Phi) is 9.51. The molecule has 1 fully saturated rings. The maximum absolute atomic E-state index is 5.30. The molecule has 0 unspecified atom stereocenters. The predicted molar refractivity (Wildman–Crippen MR) is 113 cm³/mol. The van der Waals surface area contributed by atoms with Crippen molar-refractivity contribution in [1.29, 1.82) is 0 Å². The van der Waals surface area contributed by atoms with Gasteiger partial charge in [0.15, 0.2) is 5.96 Å². The first-order valence-corrected chi connectivity index (χ1v) is 9.26. The fourth-order valence-corrected chi connectivity index (χ4v) is 4.10. The normalized spacial score (nSPS) is 16.8. The van der Waals surface area contributed by atoms with Crippen molar-refractivity contribution in [1.82, 2.24) is 15.6 Å². The fourth-order valence-electron chi connectivity index (χ4n) is 3.22. The molecule has 0 aromatic carbocycles. The summed E-state index contributed by atoms with van der Waals surface area (Å²) in [4.78, 5) is 10.2. The van der Waals surface area contributed by atoms with Gasteiger partial charge >= 0.3 is 0 Å². The van der Waals surface area contributed by atoms with Crippen LogP contribution in [0.5, 0.6) is 0 Å². The van der Waals surface area contributed by atoms with Gasteiger partial charge in [-0.3, -0.25) is 4.99 Å². The second-order valence-corrected chi connectivity index (χ2v) is 7.77. The molecule has 0 bridgehead atoms. The average Bonchev–Trinajstić information content (AvgIpc) is 3.13. The van der Waals surface area contributed by atoms with Gasteiger partial charge in [0.1, 0.15) is 5.01 Å². The first kappa shape index (κ1) is 21.6. The molecule has 1 aromatic heterocycles. The minimum atomic E-state index is 0. The lowest BCUT2D eigenvalue weighted by molar-refractivity contribution is 0.138. The number of ether oxygens (including phenoxy) is 1. The highest BCUT2D eigenvalue weighted by atomic mass is 127. The summed E-state index contributed by atoms with van der Waals surface area (Å²) in [6, 6.07) is 0. The molecule has 24 heavy (non-hydrogen) atoms. The van der Waals surface area contributed by atoms with Crippen LogP contribution in [0.15, 0.2) is 4.99 Å². The summed E-state index contributed by atoms with van der Waals surface area (Å²) in [6.45, 7) is 6.70. The summed E-state index contributed by atoms with van der Waals surface area (Å²) < 4.78 is 5.30. The largest absolute Gasteiger partial charge is 0.385 e. The smallest absolute Gasteiger partial charge is 0.191 e. The Morgan fingerprint density at radius 3 is 2.54 bits per heavy atom. The van der Waals surface area contributed by atoms with Crippen LogP contribution in [-0.2, 0) is 11.3 Å². The Bertz CT molecular complexity index is 507. The molecule has 0 saturated heterocycles. The third-order valence-corrected chi connectivity index (χ3v) is 5.91. The van der Waals surface area contributed by atoms with Gasteiger partial charge in [0.2, 0.25) is 0 Å². The third kappa shape index (κ3) is 6.15. The number of thiazole rings is 1. The molecule has 0 atom stereocenters. The zero-order valence-electron chi connectivity index (χ0n) is 15.3. The van der Waals surface area contributed by atoms with Gasteiger partial charge < -0.3 is 15.4 Å². The minimum Gasteiger partial charge on any atom is -0.385 e. The zero-order chi connectivity index (χ0) is 16.7. The van der Waals surface area contributed by atoms with Gasteiger partial charge in [-0.05, 0) is 38.5 Å². The van der Waals surface area contributed by atoms with E-state index in [1.165, 1.54) is 30.6 Å². The van der Waals surface area contributed by atoms with E-state index >= 15 is 0 Å². The molecule has 2 rings (SSSR count). The summed E-state index contributed by atoms with van der Waals surface area (Å²) in [5.41, 5.74) is 1.49. The fraction of sp³-hybridized carbons (Fsp3) is 0.765. The molecule has 0 radical (unpaired) electrons. The number of aliphatic imine (C=N–C) groups is 1. The first-order valence-electron chi connectivity index (χ1n) is 8.45. The standard InChI is InChI=1S/C17H30N4OS.HI/c1-13-14(2)23-15(21-13)11-19-16(18-3)20-12-17(9-10-22-4)7-5-6-8-17;/h5-12H2,1-4H3,(H2,18,19,20);1H. The number of nitrogens with one attached hydrogen (secondary N) is 2. The molecule has 1 aliphatic carbocycles. The van der Waals surface area contributed by atoms with Gasteiger partial charge in [-0.15, -0.1) is 35.3 Å². The van der Waals surface area contributed by atoms with E-state index in [0.29, 0.717) is 5.41 Å². The summed E-state index contributed by atoms with van der Waals surface area (Å²) in [7, 11) is 3.61. The molecule has 1 saturated carbocycles. The Balaban J connectivity index is 0.00000288. The van der Waals surface area contributed by atoms with Crippen molar-refractivity contribution < 1.29 is 4.74 Å². The Morgan fingerprint density at radius 1 is 1.29 bits per heavy atom. The number of hydrogen-bond donors (Lipinski definition) is 2. The lowest BCUT2D eigenvalue weighted by atomic mass is 9.83. The molecule has 1 heterocycles. The zero-order valence-corrected chi connectivity index (χ0v) is 18.4. The molecule has 138 valence electrons. The van der Waals surface area contributed by atoms with E-state index < -0.39 is 0 Å². The van der Waals surface area contributed by atoms with Crippen molar-refractivity contribution in [3.05, 3.63) is 15.6 Å². The van der Waals surface area contributed by atoms with Crippen molar-refractivity contribution in [2.75, 3.05) is 27.3 Å². The quantitative estimate of drug-likeness (QED) is 0.366. The third-order valence-electron chi connectivity index (χ3n) is 4.84. The number of aromatic nitrogens is 1. The van der Waals surface area contributed by atoms with Crippen LogP contribution >= 0.6 is 35.3 Å². The van der Waals surface area contributed by atoms with Gasteiger partial charge in [0, 0.05) is 32.2 Å². The molecule has 0 amide bonds. The Labute approximate surface area is 167 Å². The van der Waals surface area contributed by atoms with E-state index in [0.717, 1.165) is 42.8 Å².